The highest BCUT2D eigenvalue weighted by molar-refractivity contribution is 5.53. The Morgan fingerprint density at radius 1 is 1.50 bits per heavy atom. The van der Waals surface area contributed by atoms with Crippen LogP contribution >= 0.6 is 0 Å². The van der Waals surface area contributed by atoms with Gasteiger partial charge < -0.3 is 14.6 Å². The van der Waals surface area contributed by atoms with Crippen LogP contribution in [0.3, 0.4) is 0 Å². The molecule has 12 heavy (non-hydrogen) atoms. The van der Waals surface area contributed by atoms with Crippen molar-refractivity contribution in [2.45, 2.75) is 18.8 Å². The maximum atomic E-state index is 12.0. The van der Waals surface area contributed by atoms with E-state index in [4.69, 9.17) is 0 Å². The summed E-state index contributed by atoms with van der Waals surface area (Å²) >= 11 is 0. The van der Waals surface area contributed by atoms with E-state index in [2.05, 4.69) is 4.74 Å². The molecule has 0 aliphatic heterocycles. The Bertz CT molecular complexity index is 159. The maximum Gasteiger partial charge on any atom is 0.309 e. The molecule has 0 rings (SSSR count). The van der Waals surface area contributed by atoms with Gasteiger partial charge >= 0.3 is 12.3 Å². The molecule has 0 aliphatic carbocycles. The van der Waals surface area contributed by atoms with Crippen LogP contribution < -0.4 is 5.11 Å². The molecule has 0 saturated heterocycles. The molecule has 0 atom stereocenters. The number of carbonyl (C=O) groups is 1. The average molecular weight is 189 g/mol. The molecule has 0 amide bonds. The van der Waals surface area contributed by atoms with Gasteiger partial charge in [0.05, 0.1) is 0 Å². The van der Waals surface area contributed by atoms with Crippen molar-refractivity contribution in [3.8, 4) is 0 Å². The fraction of sp³-hybridized carbons (Fsp3) is 0.800. The van der Waals surface area contributed by atoms with Crippen molar-refractivity contribution in [2.24, 2.45) is 0 Å². The molecular formula is C5H5F4O3-. The van der Waals surface area contributed by atoms with E-state index in [9.17, 15) is 27.5 Å². The molecule has 72 valence electrons. The molecule has 0 spiro atoms. The number of carboxylic acid groups (broad SMARTS) is 1. The van der Waals surface area contributed by atoms with Crippen molar-refractivity contribution >= 4 is 6.16 Å². The monoisotopic (exact) mass is 189 g/mol. The molecule has 7 heteroatoms. The number of halogens is 4. The second-order valence-corrected chi connectivity index (χ2v) is 1.91. The van der Waals surface area contributed by atoms with E-state index >= 15 is 0 Å². The normalized spacial score (nSPS) is 11.8. The smallest absolute Gasteiger partial charge is 0.309 e. The first kappa shape index (κ1) is 11.0. The number of carbonyl (C=O) groups excluding carboxylic acids is 1. The fourth-order valence-electron chi connectivity index (χ4n) is 0.380. The zero-order chi connectivity index (χ0) is 9.78. The summed E-state index contributed by atoms with van der Waals surface area (Å²) < 4.78 is 50.2. The van der Waals surface area contributed by atoms with Crippen molar-refractivity contribution in [1.29, 1.82) is 0 Å². The second-order valence-electron chi connectivity index (χ2n) is 1.91. The lowest BCUT2D eigenvalue weighted by Gasteiger charge is -2.16. The lowest BCUT2D eigenvalue weighted by atomic mass is 10.2. The van der Waals surface area contributed by atoms with Gasteiger partial charge in [0.25, 0.3) is 6.16 Å². The molecule has 0 radical (unpaired) electrons. The van der Waals surface area contributed by atoms with Crippen LogP contribution in [0, 0.1) is 0 Å². The third kappa shape index (κ3) is 3.99. The van der Waals surface area contributed by atoms with Crippen molar-refractivity contribution in [2.75, 3.05) is 6.61 Å². The second kappa shape index (κ2) is 4.13. The van der Waals surface area contributed by atoms with E-state index in [0.717, 1.165) is 0 Å². The van der Waals surface area contributed by atoms with E-state index < -0.39 is 31.5 Å². The van der Waals surface area contributed by atoms with Gasteiger partial charge in [0.2, 0.25) is 0 Å². The number of alkyl halides is 4. The highest BCUT2D eigenvalue weighted by Crippen LogP contribution is 2.26. The van der Waals surface area contributed by atoms with Gasteiger partial charge in [-0.15, -0.1) is 0 Å². The standard InChI is InChI=1S/C5H6F4O3/c6-3(7)5(8,9)1-2-12-4(10)11/h3H,1-2H2,(H,10,11)/p-1. The molecule has 0 aromatic heterocycles. The van der Waals surface area contributed by atoms with Gasteiger partial charge in [-0.3, -0.25) is 0 Å². The van der Waals surface area contributed by atoms with Crippen LogP contribution in [0.25, 0.3) is 0 Å². The maximum absolute atomic E-state index is 12.0. The summed E-state index contributed by atoms with van der Waals surface area (Å²) in [6.07, 6.45) is -7.18. The summed E-state index contributed by atoms with van der Waals surface area (Å²) in [6.45, 7) is -1.00. The Hall–Kier alpha value is -1.01. The van der Waals surface area contributed by atoms with Crippen LogP contribution in [-0.2, 0) is 4.74 Å². The number of rotatable bonds is 4. The van der Waals surface area contributed by atoms with Crippen LogP contribution in [0.2, 0.25) is 0 Å². The van der Waals surface area contributed by atoms with Crippen LogP contribution in [0.4, 0.5) is 22.4 Å². The highest BCUT2D eigenvalue weighted by atomic mass is 19.3. The Balaban J connectivity index is 3.69. The average Bonchev–Trinajstić information content (AvgIpc) is 1.85. The third-order valence-corrected chi connectivity index (χ3v) is 0.975. The first-order valence-electron chi connectivity index (χ1n) is 2.86. The van der Waals surface area contributed by atoms with Crippen molar-refractivity contribution in [3.63, 3.8) is 0 Å². The van der Waals surface area contributed by atoms with E-state index in [0.29, 0.717) is 0 Å². The lowest BCUT2D eigenvalue weighted by Crippen LogP contribution is -2.31. The molecule has 0 unspecified atom stereocenters. The van der Waals surface area contributed by atoms with Gasteiger partial charge in [-0.1, -0.05) is 0 Å². The van der Waals surface area contributed by atoms with Crippen LogP contribution in [0.15, 0.2) is 0 Å². The van der Waals surface area contributed by atoms with Gasteiger partial charge in [0.1, 0.15) is 0 Å². The SMILES string of the molecule is O=C([O-])OCCC(F)(F)C(F)F. The van der Waals surface area contributed by atoms with Crippen LogP contribution in [-0.4, -0.2) is 25.1 Å². The predicted molar refractivity (Wildman–Crippen MR) is 26.9 cm³/mol. The molecule has 0 aromatic rings. The molecular weight excluding hydrogens is 184 g/mol. The summed E-state index contributed by atoms with van der Waals surface area (Å²) in [5.41, 5.74) is 0. The largest absolute Gasteiger partial charge is 0.549 e. The minimum absolute atomic E-state index is 1.00. The van der Waals surface area contributed by atoms with E-state index in [1.54, 1.807) is 0 Å². The summed E-state index contributed by atoms with van der Waals surface area (Å²) in [4.78, 5) is 9.49. The first-order valence-corrected chi connectivity index (χ1v) is 2.86. The van der Waals surface area contributed by atoms with E-state index in [-0.39, 0.29) is 0 Å². The zero-order valence-electron chi connectivity index (χ0n) is 5.73. The molecule has 0 heterocycles. The van der Waals surface area contributed by atoms with Gasteiger partial charge in [0.15, 0.2) is 0 Å². The molecule has 0 fully saturated rings. The Morgan fingerprint density at radius 2 is 2.00 bits per heavy atom. The third-order valence-electron chi connectivity index (χ3n) is 0.975. The summed E-state index contributed by atoms with van der Waals surface area (Å²) in [5, 5.41) is 9.49. The molecule has 0 aromatic carbocycles. The Morgan fingerprint density at radius 3 is 2.33 bits per heavy atom. The molecule has 0 saturated carbocycles. The quantitative estimate of drug-likeness (QED) is 0.481. The first-order chi connectivity index (χ1) is 5.36. The summed E-state index contributed by atoms with van der Waals surface area (Å²) in [6, 6.07) is 0. The number of hydrogen-bond acceptors (Lipinski definition) is 3. The fourth-order valence-corrected chi connectivity index (χ4v) is 0.380. The van der Waals surface area contributed by atoms with Crippen molar-refractivity contribution < 1.29 is 32.2 Å². The zero-order valence-corrected chi connectivity index (χ0v) is 5.73. The summed E-state index contributed by atoms with van der Waals surface area (Å²) in [5.74, 6) is -4.21. The molecule has 0 aliphatic rings. The van der Waals surface area contributed by atoms with Gasteiger partial charge in [-0.25, -0.2) is 17.6 Å². The minimum atomic E-state index is -4.21. The highest BCUT2D eigenvalue weighted by Gasteiger charge is 2.39. The minimum Gasteiger partial charge on any atom is -0.549 e. The predicted octanol–water partition coefficient (Wildman–Crippen LogP) is 0.637. The van der Waals surface area contributed by atoms with E-state index in [1.165, 1.54) is 0 Å². The van der Waals surface area contributed by atoms with Gasteiger partial charge in [0, 0.05) is 13.0 Å². The summed E-state index contributed by atoms with van der Waals surface area (Å²) in [7, 11) is 0. The molecule has 0 N–H and O–H groups in total. The number of ether oxygens (including phenoxy) is 1. The molecule has 3 nitrogen and oxygen atoms in total. The Kier molecular flexibility index (Phi) is 3.78. The van der Waals surface area contributed by atoms with Gasteiger partial charge in [-0.05, 0) is 0 Å². The van der Waals surface area contributed by atoms with Crippen molar-refractivity contribution in [1.82, 2.24) is 0 Å². The van der Waals surface area contributed by atoms with E-state index in [1.807, 2.05) is 0 Å². The number of hydrogen-bond donors (Lipinski definition) is 0. The van der Waals surface area contributed by atoms with Crippen molar-refractivity contribution in [3.05, 3.63) is 0 Å². The van der Waals surface area contributed by atoms with Crippen LogP contribution in [0.1, 0.15) is 6.42 Å². The lowest BCUT2D eigenvalue weighted by molar-refractivity contribution is -0.284. The Labute approximate surface area is 64.9 Å². The van der Waals surface area contributed by atoms with Crippen LogP contribution in [0.5, 0.6) is 0 Å². The van der Waals surface area contributed by atoms with Gasteiger partial charge in [-0.2, -0.15) is 0 Å². The topological polar surface area (TPSA) is 49.4 Å². The molecule has 0 bridgehead atoms.